The highest BCUT2D eigenvalue weighted by atomic mass is 32.1. The number of halogens is 2. The van der Waals surface area contributed by atoms with Gasteiger partial charge >= 0.3 is 12.6 Å². The van der Waals surface area contributed by atoms with Gasteiger partial charge in [0, 0.05) is 5.38 Å². The summed E-state index contributed by atoms with van der Waals surface area (Å²) in [7, 11) is 0. The summed E-state index contributed by atoms with van der Waals surface area (Å²) in [5, 5.41) is 5.70. The molecule has 122 valence electrons. The molecular weight excluding hydrogens is 328 g/mol. The molecule has 1 aromatic carbocycles. The van der Waals surface area contributed by atoms with Crippen molar-refractivity contribution in [2.45, 2.75) is 19.6 Å². The molecule has 0 fully saturated rings. The van der Waals surface area contributed by atoms with Crippen molar-refractivity contribution in [1.82, 2.24) is 0 Å². The SMILES string of the molecule is C[C@@H](OC(=O)c1ccsc1)C(=O)Nc1ccccc1OC(F)F. The Bertz CT molecular complexity index is 676. The molecule has 2 aromatic rings. The first kappa shape index (κ1) is 16.9. The molecular formula is C15H13F2NO4S. The van der Waals surface area contributed by atoms with Crippen LogP contribution in [0, 0.1) is 0 Å². The van der Waals surface area contributed by atoms with Crippen molar-refractivity contribution in [3.8, 4) is 5.75 Å². The van der Waals surface area contributed by atoms with Crippen molar-refractivity contribution in [3.63, 3.8) is 0 Å². The minimum absolute atomic E-state index is 0.0660. The lowest BCUT2D eigenvalue weighted by Crippen LogP contribution is -2.30. The molecule has 1 N–H and O–H groups in total. The summed E-state index contributed by atoms with van der Waals surface area (Å²) in [6.07, 6.45) is -1.10. The van der Waals surface area contributed by atoms with Crippen LogP contribution in [0.2, 0.25) is 0 Å². The molecule has 0 aliphatic heterocycles. The maximum atomic E-state index is 12.3. The van der Waals surface area contributed by atoms with Crippen LogP contribution >= 0.6 is 11.3 Å². The maximum absolute atomic E-state index is 12.3. The highest BCUT2D eigenvalue weighted by Crippen LogP contribution is 2.25. The van der Waals surface area contributed by atoms with E-state index in [0.717, 1.165) is 0 Å². The molecule has 1 heterocycles. The number of nitrogens with one attached hydrogen (secondary N) is 1. The van der Waals surface area contributed by atoms with E-state index in [0.29, 0.717) is 5.56 Å². The van der Waals surface area contributed by atoms with Crippen molar-refractivity contribution in [3.05, 3.63) is 46.7 Å². The number of hydrogen-bond acceptors (Lipinski definition) is 5. The lowest BCUT2D eigenvalue weighted by atomic mass is 10.2. The fourth-order valence-corrected chi connectivity index (χ4v) is 2.29. The Morgan fingerprint density at radius 2 is 1.96 bits per heavy atom. The molecule has 0 aliphatic rings. The number of thiophene rings is 1. The number of rotatable bonds is 6. The quantitative estimate of drug-likeness (QED) is 0.817. The topological polar surface area (TPSA) is 64.6 Å². The van der Waals surface area contributed by atoms with Crippen molar-refractivity contribution in [2.75, 3.05) is 5.32 Å². The maximum Gasteiger partial charge on any atom is 0.387 e. The monoisotopic (exact) mass is 341 g/mol. The highest BCUT2D eigenvalue weighted by molar-refractivity contribution is 7.08. The van der Waals surface area contributed by atoms with Gasteiger partial charge in [-0.25, -0.2) is 4.79 Å². The molecule has 1 atom stereocenters. The summed E-state index contributed by atoms with van der Waals surface area (Å²) in [4.78, 5) is 23.8. The van der Waals surface area contributed by atoms with Gasteiger partial charge in [0.2, 0.25) is 0 Å². The first-order chi connectivity index (χ1) is 11.0. The zero-order valence-electron chi connectivity index (χ0n) is 12.0. The molecule has 0 bridgehead atoms. The molecule has 1 aromatic heterocycles. The van der Waals surface area contributed by atoms with Gasteiger partial charge in [-0.05, 0) is 30.5 Å². The predicted molar refractivity (Wildman–Crippen MR) is 80.9 cm³/mol. The van der Waals surface area contributed by atoms with Gasteiger partial charge in [-0.1, -0.05) is 12.1 Å². The number of carbonyl (C=O) groups excluding carboxylic acids is 2. The molecule has 0 saturated heterocycles. The largest absolute Gasteiger partial charge is 0.449 e. The van der Waals surface area contributed by atoms with E-state index >= 15 is 0 Å². The van der Waals surface area contributed by atoms with Gasteiger partial charge in [0.15, 0.2) is 6.10 Å². The normalized spacial score (nSPS) is 11.8. The van der Waals surface area contributed by atoms with Crippen LogP contribution in [0.5, 0.6) is 5.75 Å². The molecule has 0 radical (unpaired) electrons. The smallest absolute Gasteiger partial charge is 0.387 e. The van der Waals surface area contributed by atoms with E-state index in [-0.39, 0.29) is 11.4 Å². The molecule has 0 unspecified atom stereocenters. The number of carbonyl (C=O) groups is 2. The van der Waals surface area contributed by atoms with Gasteiger partial charge in [-0.2, -0.15) is 20.1 Å². The third kappa shape index (κ3) is 4.75. The number of alkyl halides is 2. The standard InChI is InChI=1S/C15H13F2NO4S/c1-9(21-14(20)10-6-7-23-8-10)13(19)18-11-4-2-3-5-12(11)22-15(16)17/h2-9,15H,1H3,(H,18,19)/t9-/m1/s1. The molecule has 0 aliphatic carbocycles. The van der Waals surface area contributed by atoms with Crippen LogP contribution in [0.1, 0.15) is 17.3 Å². The Balaban J connectivity index is 2.00. The minimum Gasteiger partial charge on any atom is -0.449 e. The summed E-state index contributed by atoms with van der Waals surface area (Å²) in [5.74, 6) is -1.46. The van der Waals surface area contributed by atoms with E-state index in [4.69, 9.17) is 4.74 Å². The summed E-state index contributed by atoms with van der Waals surface area (Å²) in [5.41, 5.74) is 0.410. The number of amides is 1. The lowest BCUT2D eigenvalue weighted by Gasteiger charge is -2.15. The highest BCUT2D eigenvalue weighted by Gasteiger charge is 2.20. The fraction of sp³-hybridized carbons (Fsp3) is 0.200. The molecule has 5 nitrogen and oxygen atoms in total. The summed E-state index contributed by atoms with van der Waals surface area (Å²) in [6, 6.07) is 7.32. The Morgan fingerprint density at radius 1 is 1.22 bits per heavy atom. The first-order valence-corrected chi connectivity index (χ1v) is 7.49. The van der Waals surface area contributed by atoms with E-state index in [1.54, 1.807) is 22.9 Å². The van der Waals surface area contributed by atoms with Gasteiger partial charge in [0.1, 0.15) is 5.75 Å². The zero-order chi connectivity index (χ0) is 16.8. The second-order valence-corrected chi connectivity index (χ2v) is 5.20. The number of para-hydroxylation sites is 2. The summed E-state index contributed by atoms with van der Waals surface area (Å²) in [6.45, 7) is -1.63. The molecule has 2 rings (SSSR count). The zero-order valence-corrected chi connectivity index (χ0v) is 12.8. The van der Waals surface area contributed by atoms with Crippen molar-refractivity contribution in [1.29, 1.82) is 0 Å². The van der Waals surface area contributed by atoms with Crippen LogP contribution in [0.4, 0.5) is 14.5 Å². The molecule has 8 heteroatoms. The van der Waals surface area contributed by atoms with Gasteiger partial charge in [0.05, 0.1) is 11.3 Å². The number of benzene rings is 1. The second kappa shape index (κ2) is 7.68. The Morgan fingerprint density at radius 3 is 2.61 bits per heavy atom. The van der Waals surface area contributed by atoms with Crippen molar-refractivity contribution >= 4 is 28.9 Å². The van der Waals surface area contributed by atoms with Crippen LogP contribution in [0.25, 0.3) is 0 Å². The number of hydrogen-bond donors (Lipinski definition) is 1. The lowest BCUT2D eigenvalue weighted by molar-refractivity contribution is -0.123. The number of esters is 1. The van der Waals surface area contributed by atoms with E-state index in [1.165, 1.54) is 36.5 Å². The Labute approximate surface area is 134 Å². The summed E-state index contributed by atoms with van der Waals surface area (Å²) < 4.78 is 34.0. The van der Waals surface area contributed by atoms with Crippen LogP contribution in [0.3, 0.4) is 0 Å². The molecule has 1 amide bonds. The van der Waals surface area contributed by atoms with E-state index < -0.39 is 24.6 Å². The van der Waals surface area contributed by atoms with Gasteiger partial charge in [-0.3, -0.25) is 4.79 Å². The third-order valence-corrected chi connectivity index (χ3v) is 3.45. The molecule has 0 spiro atoms. The van der Waals surface area contributed by atoms with Gasteiger partial charge in [0.25, 0.3) is 5.91 Å². The average Bonchev–Trinajstić information content (AvgIpc) is 3.03. The van der Waals surface area contributed by atoms with Crippen molar-refractivity contribution < 1.29 is 27.8 Å². The van der Waals surface area contributed by atoms with Crippen LogP contribution in [-0.2, 0) is 9.53 Å². The molecule has 23 heavy (non-hydrogen) atoms. The average molecular weight is 341 g/mol. The van der Waals surface area contributed by atoms with E-state index in [2.05, 4.69) is 10.1 Å². The van der Waals surface area contributed by atoms with Crippen molar-refractivity contribution in [2.24, 2.45) is 0 Å². The second-order valence-electron chi connectivity index (χ2n) is 4.42. The van der Waals surface area contributed by atoms with Crippen LogP contribution in [0.15, 0.2) is 41.1 Å². The predicted octanol–water partition coefficient (Wildman–Crippen LogP) is 3.53. The van der Waals surface area contributed by atoms with E-state index in [1.807, 2.05) is 0 Å². The number of anilines is 1. The first-order valence-electron chi connectivity index (χ1n) is 6.55. The fourth-order valence-electron chi connectivity index (χ4n) is 1.67. The Kier molecular flexibility index (Phi) is 5.64. The van der Waals surface area contributed by atoms with Crippen LogP contribution in [-0.4, -0.2) is 24.6 Å². The van der Waals surface area contributed by atoms with Gasteiger partial charge in [-0.15, -0.1) is 0 Å². The third-order valence-electron chi connectivity index (χ3n) is 2.77. The Hall–Kier alpha value is -2.48. The van der Waals surface area contributed by atoms with E-state index in [9.17, 15) is 18.4 Å². The van der Waals surface area contributed by atoms with Gasteiger partial charge < -0.3 is 14.8 Å². The summed E-state index contributed by atoms with van der Waals surface area (Å²) >= 11 is 1.32. The molecule has 0 saturated carbocycles. The minimum atomic E-state index is -3.01. The number of ether oxygens (including phenoxy) is 2. The van der Waals surface area contributed by atoms with Crippen LogP contribution < -0.4 is 10.1 Å².